The third kappa shape index (κ3) is 4.72. The van der Waals surface area contributed by atoms with Crippen LogP contribution in [0.25, 0.3) is 111 Å². The molecule has 0 saturated heterocycles. The molecule has 12 aromatic rings. The summed E-state index contributed by atoms with van der Waals surface area (Å²) in [5.74, 6) is 1.60. The van der Waals surface area contributed by atoms with Gasteiger partial charge in [0.15, 0.2) is 11.6 Å². The topological polar surface area (TPSA) is 74.6 Å². The van der Waals surface area contributed by atoms with E-state index in [1.807, 2.05) is 60.8 Å². The molecule has 266 valence electrons. The van der Waals surface area contributed by atoms with Gasteiger partial charge in [0, 0.05) is 55.3 Å². The lowest BCUT2D eigenvalue weighted by molar-refractivity contribution is 0.670. The first-order valence-corrected chi connectivity index (χ1v) is 19.0. The van der Waals surface area contributed by atoms with Crippen LogP contribution in [-0.2, 0) is 0 Å². The quantitative estimate of drug-likeness (QED) is 0.176. The zero-order valence-corrected chi connectivity index (χ0v) is 30.4. The van der Waals surface area contributed by atoms with Gasteiger partial charge in [-0.05, 0) is 42.0 Å². The van der Waals surface area contributed by atoms with E-state index in [0.29, 0.717) is 17.6 Å². The highest BCUT2D eigenvalue weighted by molar-refractivity contribution is 6.23. The summed E-state index contributed by atoms with van der Waals surface area (Å²) in [6.07, 6.45) is 1.86. The second-order valence-electron chi connectivity index (χ2n) is 14.2. The average molecular weight is 731 g/mol. The van der Waals surface area contributed by atoms with Gasteiger partial charge in [0.25, 0.3) is 0 Å². The fraction of sp³-hybridized carbons (Fsp3) is 0. The number of benzene rings is 7. The Bertz CT molecular complexity index is 3510. The zero-order chi connectivity index (χ0) is 37.5. The second kappa shape index (κ2) is 12.3. The average Bonchev–Trinajstić information content (AvgIpc) is 3.95. The molecule has 0 bridgehead atoms. The van der Waals surface area contributed by atoms with Crippen molar-refractivity contribution in [3.05, 3.63) is 182 Å². The summed E-state index contributed by atoms with van der Waals surface area (Å²) in [4.78, 5) is 20.8. The van der Waals surface area contributed by atoms with Crippen LogP contribution in [0.1, 0.15) is 0 Å². The van der Waals surface area contributed by atoms with Crippen molar-refractivity contribution < 1.29 is 4.42 Å². The Kier molecular flexibility index (Phi) is 6.79. The fourth-order valence-electron chi connectivity index (χ4n) is 8.55. The minimum Gasteiger partial charge on any atom is -0.455 e. The van der Waals surface area contributed by atoms with E-state index in [0.717, 1.165) is 93.6 Å². The minimum absolute atomic E-state index is 0.508. The predicted molar refractivity (Wildman–Crippen MR) is 230 cm³/mol. The maximum absolute atomic E-state index is 6.88. The van der Waals surface area contributed by atoms with Gasteiger partial charge >= 0.3 is 0 Å². The number of rotatable bonds is 5. The molecule has 0 amide bonds. The van der Waals surface area contributed by atoms with Crippen molar-refractivity contribution >= 4 is 65.7 Å². The van der Waals surface area contributed by atoms with Gasteiger partial charge in [-0.3, -0.25) is 9.13 Å². The number of para-hydroxylation sites is 4. The smallest absolute Gasteiger partial charge is 0.238 e. The number of hydrogen-bond donors (Lipinski definition) is 0. The normalized spacial score (nSPS) is 11.9. The number of fused-ring (bicyclic) bond motifs is 10. The molecule has 5 heterocycles. The van der Waals surface area contributed by atoms with Gasteiger partial charge in [-0.2, -0.15) is 9.97 Å². The molecule has 12 rings (SSSR count). The van der Waals surface area contributed by atoms with Crippen LogP contribution in [0.2, 0.25) is 0 Å². The molecule has 0 saturated carbocycles. The van der Waals surface area contributed by atoms with Crippen LogP contribution in [-0.4, -0.2) is 29.1 Å². The van der Waals surface area contributed by atoms with Gasteiger partial charge in [0.2, 0.25) is 5.95 Å². The van der Waals surface area contributed by atoms with Crippen LogP contribution in [0.4, 0.5) is 0 Å². The largest absolute Gasteiger partial charge is 0.455 e. The molecule has 57 heavy (non-hydrogen) atoms. The summed E-state index contributed by atoms with van der Waals surface area (Å²) in [5, 5.41) is 6.40. The van der Waals surface area contributed by atoms with Crippen LogP contribution in [0, 0.1) is 0 Å². The number of pyridine rings is 1. The van der Waals surface area contributed by atoms with E-state index >= 15 is 0 Å². The SMILES string of the molecule is c1ccc(-c2nc(-c3cccc4c3oc3c(-c5ccccc5)cccc34)nc(-n3c4ccccc4c4ccc5c6cccnc6n(-c6ccccc6)c5c43)n2)cc1. The van der Waals surface area contributed by atoms with Crippen molar-refractivity contribution in [3.63, 3.8) is 0 Å². The molecular formula is C50H30N6O. The first kappa shape index (κ1) is 31.5. The molecule has 7 nitrogen and oxygen atoms in total. The van der Waals surface area contributed by atoms with Gasteiger partial charge < -0.3 is 4.42 Å². The van der Waals surface area contributed by atoms with Crippen LogP contribution in [0.5, 0.6) is 0 Å². The highest BCUT2D eigenvalue weighted by Crippen LogP contribution is 2.42. The van der Waals surface area contributed by atoms with Crippen molar-refractivity contribution in [1.29, 1.82) is 0 Å². The molecule has 0 fully saturated rings. The molecule has 7 heteroatoms. The Morgan fingerprint density at radius 2 is 0.965 bits per heavy atom. The van der Waals surface area contributed by atoms with Crippen molar-refractivity contribution in [2.45, 2.75) is 0 Å². The van der Waals surface area contributed by atoms with E-state index in [4.69, 9.17) is 24.4 Å². The molecule has 0 aliphatic heterocycles. The second-order valence-corrected chi connectivity index (χ2v) is 14.2. The Balaban J connectivity index is 1.20. The summed E-state index contributed by atoms with van der Waals surface area (Å²) in [7, 11) is 0. The Labute approximate surface area is 325 Å². The number of furan rings is 1. The Morgan fingerprint density at radius 1 is 0.386 bits per heavy atom. The molecule has 0 spiro atoms. The third-order valence-electron chi connectivity index (χ3n) is 11.0. The number of hydrogen-bond acceptors (Lipinski definition) is 5. The van der Waals surface area contributed by atoms with Crippen molar-refractivity contribution in [3.8, 4) is 45.5 Å². The molecule has 0 atom stereocenters. The van der Waals surface area contributed by atoms with E-state index < -0.39 is 0 Å². The van der Waals surface area contributed by atoms with Crippen molar-refractivity contribution in [1.82, 2.24) is 29.1 Å². The highest BCUT2D eigenvalue weighted by atomic mass is 16.3. The summed E-state index contributed by atoms with van der Waals surface area (Å²) >= 11 is 0. The van der Waals surface area contributed by atoms with Crippen LogP contribution in [0.15, 0.2) is 187 Å². The standard InChI is InChI=1S/C50H30N6O/c1-4-15-31(16-5-1)34-22-12-23-38-39-24-13-25-41(46(39)57-45(34)38)48-52-47(32-17-6-2-7-18-32)53-50(54-48)56-42-27-11-10-21-35(42)36-28-29-37-40-26-14-30-51-49(40)55(43(37)44(36)56)33-19-8-3-9-20-33/h1-30H. The fourth-order valence-corrected chi connectivity index (χ4v) is 8.55. The van der Waals surface area contributed by atoms with Crippen LogP contribution >= 0.6 is 0 Å². The van der Waals surface area contributed by atoms with Gasteiger partial charge in [0.1, 0.15) is 16.8 Å². The van der Waals surface area contributed by atoms with Gasteiger partial charge in [0.05, 0.1) is 22.1 Å². The van der Waals surface area contributed by atoms with Crippen molar-refractivity contribution in [2.75, 3.05) is 0 Å². The highest BCUT2D eigenvalue weighted by Gasteiger charge is 2.25. The minimum atomic E-state index is 0.508. The summed E-state index contributed by atoms with van der Waals surface area (Å²) in [6, 6.07) is 60.5. The van der Waals surface area contributed by atoms with E-state index in [1.165, 1.54) is 0 Å². The van der Waals surface area contributed by atoms with Crippen LogP contribution in [0.3, 0.4) is 0 Å². The van der Waals surface area contributed by atoms with E-state index in [1.54, 1.807) is 0 Å². The van der Waals surface area contributed by atoms with E-state index in [2.05, 4.69) is 130 Å². The summed E-state index contributed by atoms with van der Waals surface area (Å²) < 4.78 is 11.3. The maximum Gasteiger partial charge on any atom is 0.238 e. The molecule has 0 unspecified atom stereocenters. The van der Waals surface area contributed by atoms with Crippen molar-refractivity contribution in [2.24, 2.45) is 0 Å². The molecule has 0 radical (unpaired) electrons. The lowest BCUT2D eigenvalue weighted by Crippen LogP contribution is -2.07. The van der Waals surface area contributed by atoms with Gasteiger partial charge in [-0.15, -0.1) is 0 Å². The van der Waals surface area contributed by atoms with E-state index in [9.17, 15) is 0 Å². The summed E-state index contributed by atoms with van der Waals surface area (Å²) in [6.45, 7) is 0. The lowest BCUT2D eigenvalue weighted by atomic mass is 10.0. The third-order valence-corrected chi connectivity index (χ3v) is 11.0. The molecule has 0 aliphatic rings. The molecular weight excluding hydrogens is 701 g/mol. The molecule has 5 aromatic heterocycles. The first-order valence-electron chi connectivity index (χ1n) is 19.0. The lowest BCUT2D eigenvalue weighted by Gasteiger charge is -2.13. The van der Waals surface area contributed by atoms with Gasteiger partial charge in [-0.25, -0.2) is 9.97 Å². The maximum atomic E-state index is 6.88. The Hall–Kier alpha value is -7.90. The van der Waals surface area contributed by atoms with E-state index in [-0.39, 0.29) is 0 Å². The summed E-state index contributed by atoms with van der Waals surface area (Å²) in [5.41, 5.74) is 10.3. The molecule has 0 N–H and O–H groups in total. The van der Waals surface area contributed by atoms with Crippen LogP contribution < -0.4 is 0 Å². The zero-order valence-electron chi connectivity index (χ0n) is 30.4. The van der Waals surface area contributed by atoms with Gasteiger partial charge in [-0.1, -0.05) is 140 Å². The predicted octanol–water partition coefficient (Wildman–Crippen LogP) is 12.4. The Morgan fingerprint density at radius 3 is 1.74 bits per heavy atom. The first-order chi connectivity index (χ1) is 28.3. The monoisotopic (exact) mass is 730 g/mol. The molecule has 0 aliphatic carbocycles. The number of nitrogens with zero attached hydrogens (tertiary/aromatic N) is 6. The molecule has 7 aromatic carbocycles. The number of aromatic nitrogens is 6.